The molecule has 1 atom stereocenters. The topological polar surface area (TPSA) is 73.6 Å². The Bertz CT molecular complexity index is 396. The molecule has 0 saturated heterocycles. The van der Waals surface area contributed by atoms with E-state index in [1.54, 1.807) is 19.2 Å². The van der Waals surface area contributed by atoms with Crippen molar-refractivity contribution in [1.29, 1.82) is 0 Å². The van der Waals surface area contributed by atoms with Crippen LogP contribution >= 0.6 is 0 Å². The molecule has 0 aromatic heterocycles. The highest BCUT2D eigenvalue weighted by Crippen LogP contribution is 2.17. The second-order valence-corrected chi connectivity index (χ2v) is 4.19. The van der Waals surface area contributed by atoms with Gasteiger partial charge in [0, 0.05) is 19.7 Å². The van der Waals surface area contributed by atoms with Crippen molar-refractivity contribution in [2.45, 2.75) is 19.4 Å². The van der Waals surface area contributed by atoms with Gasteiger partial charge in [0.2, 0.25) is 0 Å². The molecule has 0 heterocycles. The maximum absolute atomic E-state index is 12.0. The van der Waals surface area contributed by atoms with Gasteiger partial charge in [-0.15, -0.1) is 0 Å². The van der Waals surface area contributed by atoms with Crippen molar-refractivity contribution >= 4 is 5.91 Å². The monoisotopic (exact) mass is 266 g/mol. The zero-order chi connectivity index (χ0) is 14.1. The average Bonchev–Trinajstić information content (AvgIpc) is 2.40. The minimum absolute atomic E-state index is 0.0626. The Hall–Kier alpha value is -1.59. The molecule has 5 nitrogen and oxygen atoms in total. The first-order chi connectivity index (χ1) is 9.19. The number of benzene rings is 1. The van der Waals surface area contributed by atoms with Crippen molar-refractivity contribution in [2.24, 2.45) is 5.73 Å². The van der Waals surface area contributed by atoms with E-state index in [0.29, 0.717) is 37.5 Å². The van der Waals surface area contributed by atoms with Crippen molar-refractivity contribution in [3.63, 3.8) is 0 Å². The summed E-state index contributed by atoms with van der Waals surface area (Å²) in [6.45, 7) is 3.43. The summed E-state index contributed by atoms with van der Waals surface area (Å²) in [6.07, 6.45) is 0.677. The molecule has 0 saturated carbocycles. The summed E-state index contributed by atoms with van der Waals surface area (Å²) >= 11 is 0. The van der Waals surface area contributed by atoms with Crippen LogP contribution in [-0.2, 0) is 4.74 Å². The number of rotatable bonds is 8. The lowest BCUT2D eigenvalue weighted by atomic mass is 10.1. The van der Waals surface area contributed by atoms with Gasteiger partial charge in [-0.2, -0.15) is 0 Å². The van der Waals surface area contributed by atoms with Crippen LogP contribution in [0.5, 0.6) is 5.75 Å². The van der Waals surface area contributed by atoms with E-state index in [0.717, 1.165) is 0 Å². The minimum atomic E-state index is -0.145. The second-order valence-electron chi connectivity index (χ2n) is 4.19. The van der Waals surface area contributed by atoms with Crippen molar-refractivity contribution in [1.82, 2.24) is 5.32 Å². The highest BCUT2D eigenvalue weighted by Gasteiger charge is 2.11. The van der Waals surface area contributed by atoms with Crippen molar-refractivity contribution < 1.29 is 14.3 Å². The summed E-state index contributed by atoms with van der Waals surface area (Å²) < 4.78 is 10.4. The molecule has 0 spiro atoms. The molecule has 1 aromatic carbocycles. The Morgan fingerprint density at radius 1 is 1.42 bits per heavy atom. The zero-order valence-electron chi connectivity index (χ0n) is 11.5. The largest absolute Gasteiger partial charge is 0.493 e. The van der Waals surface area contributed by atoms with Crippen LogP contribution in [0.25, 0.3) is 0 Å². The number of ether oxygens (including phenoxy) is 2. The SMILES string of the molecule is CCOc1ccccc1C(=O)NCCC(N)COC. The van der Waals surface area contributed by atoms with E-state index in [2.05, 4.69) is 5.32 Å². The van der Waals surface area contributed by atoms with Crippen LogP contribution in [0.4, 0.5) is 0 Å². The van der Waals surface area contributed by atoms with Crippen LogP contribution in [0, 0.1) is 0 Å². The van der Waals surface area contributed by atoms with E-state index in [-0.39, 0.29) is 11.9 Å². The molecule has 0 aliphatic rings. The maximum Gasteiger partial charge on any atom is 0.255 e. The zero-order valence-corrected chi connectivity index (χ0v) is 11.5. The number of methoxy groups -OCH3 is 1. The first-order valence-corrected chi connectivity index (χ1v) is 6.43. The number of hydrogen-bond donors (Lipinski definition) is 2. The molecular formula is C14H22N2O3. The molecule has 106 valence electrons. The number of carbonyl (C=O) groups excluding carboxylic acids is 1. The molecule has 0 fully saturated rings. The van der Waals surface area contributed by atoms with Gasteiger partial charge in [-0.3, -0.25) is 4.79 Å². The lowest BCUT2D eigenvalue weighted by Crippen LogP contribution is -2.33. The summed E-state index contributed by atoms with van der Waals surface area (Å²) in [6, 6.07) is 7.13. The quantitative estimate of drug-likeness (QED) is 0.741. The predicted octanol–water partition coefficient (Wildman–Crippen LogP) is 1.18. The van der Waals surface area contributed by atoms with E-state index >= 15 is 0 Å². The molecule has 5 heteroatoms. The Balaban J connectivity index is 2.49. The highest BCUT2D eigenvalue weighted by molar-refractivity contribution is 5.96. The fraction of sp³-hybridized carbons (Fsp3) is 0.500. The Labute approximate surface area is 114 Å². The fourth-order valence-electron chi connectivity index (χ4n) is 1.70. The van der Waals surface area contributed by atoms with Crippen LogP contribution in [0.15, 0.2) is 24.3 Å². The third-order valence-electron chi connectivity index (χ3n) is 2.61. The summed E-state index contributed by atoms with van der Waals surface area (Å²) in [7, 11) is 1.61. The van der Waals surface area contributed by atoms with Crippen molar-refractivity contribution in [2.75, 3.05) is 26.9 Å². The number of hydrogen-bond acceptors (Lipinski definition) is 4. The summed E-state index contributed by atoms with van der Waals surface area (Å²) in [5, 5.41) is 2.83. The predicted molar refractivity (Wildman–Crippen MR) is 74.4 cm³/mol. The van der Waals surface area contributed by atoms with Gasteiger partial charge in [-0.1, -0.05) is 12.1 Å². The highest BCUT2D eigenvalue weighted by atomic mass is 16.5. The Kier molecular flexibility index (Phi) is 6.92. The molecule has 1 rings (SSSR count). The molecule has 1 aromatic rings. The number of nitrogens with one attached hydrogen (secondary N) is 1. The van der Waals surface area contributed by atoms with E-state index in [1.165, 1.54) is 0 Å². The van der Waals surface area contributed by atoms with Crippen molar-refractivity contribution in [3.8, 4) is 5.75 Å². The average molecular weight is 266 g/mol. The lowest BCUT2D eigenvalue weighted by Gasteiger charge is -2.12. The van der Waals surface area contributed by atoms with E-state index in [1.807, 2.05) is 19.1 Å². The summed E-state index contributed by atoms with van der Waals surface area (Å²) in [5.41, 5.74) is 6.33. The smallest absolute Gasteiger partial charge is 0.255 e. The van der Waals surface area contributed by atoms with Gasteiger partial charge in [-0.05, 0) is 25.5 Å². The normalized spacial score (nSPS) is 11.9. The lowest BCUT2D eigenvalue weighted by molar-refractivity contribution is 0.0946. The number of amides is 1. The van der Waals surface area contributed by atoms with E-state index < -0.39 is 0 Å². The van der Waals surface area contributed by atoms with Gasteiger partial charge >= 0.3 is 0 Å². The first-order valence-electron chi connectivity index (χ1n) is 6.43. The van der Waals surface area contributed by atoms with Crippen LogP contribution in [0.1, 0.15) is 23.7 Å². The molecule has 0 bridgehead atoms. The number of nitrogens with two attached hydrogens (primary N) is 1. The Morgan fingerprint density at radius 2 is 2.16 bits per heavy atom. The first kappa shape index (κ1) is 15.5. The van der Waals surface area contributed by atoms with Gasteiger partial charge in [0.15, 0.2) is 0 Å². The van der Waals surface area contributed by atoms with Gasteiger partial charge in [0.25, 0.3) is 5.91 Å². The molecule has 1 amide bonds. The molecular weight excluding hydrogens is 244 g/mol. The van der Waals surface area contributed by atoms with Crippen LogP contribution < -0.4 is 15.8 Å². The van der Waals surface area contributed by atoms with E-state index in [4.69, 9.17) is 15.2 Å². The maximum atomic E-state index is 12.0. The minimum Gasteiger partial charge on any atom is -0.493 e. The molecule has 0 radical (unpaired) electrons. The van der Waals surface area contributed by atoms with Gasteiger partial charge < -0.3 is 20.5 Å². The molecule has 0 aliphatic heterocycles. The Morgan fingerprint density at radius 3 is 2.84 bits per heavy atom. The van der Waals surface area contributed by atoms with Gasteiger partial charge in [-0.25, -0.2) is 0 Å². The van der Waals surface area contributed by atoms with Crippen LogP contribution in [-0.4, -0.2) is 38.8 Å². The fourth-order valence-corrected chi connectivity index (χ4v) is 1.70. The summed E-state index contributed by atoms with van der Waals surface area (Å²) in [4.78, 5) is 12.0. The molecule has 1 unspecified atom stereocenters. The standard InChI is InChI=1S/C14H22N2O3/c1-3-19-13-7-5-4-6-12(13)14(17)16-9-8-11(15)10-18-2/h4-7,11H,3,8-10,15H2,1-2H3,(H,16,17). The van der Waals surface area contributed by atoms with Crippen LogP contribution in [0.3, 0.4) is 0 Å². The van der Waals surface area contributed by atoms with Crippen LogP contribution in [0.2, 0.25) is 0 Å². The van der Waals surface area contributed by atoms with Gasteiger partial charge in [0.1, 0.15) is 5.75 Å². The molecule has 3 N–H and O–H groups in total. The number of para-hydroxylation sites is 1. The van der Waals surface area contributed by atoms with Crippen molar-refractivity contribution in [3.05, 3.63) is 29.8 Å². The van der Waals surface area contributed by atoms with Gasteiger partial charge in [0.05, 0.1) is 18.8 Å². The third kappa shape index (κ3) is 5.28. The molecule has 19 heavy (non-hydrogen) atoms. The number of carbonyl (C=O) groups is 1. The second kappa shape index (κ2) is 8.50. The third-order valence-corrected chi connectivity index (χ3v) is 2.61. The van der Waals surface area contributed by atoms with E-state index in [9.17, 15) is 4.79 Å². The molecule has 0 aliphatic carbocycles. The summed E-state index contributed by atoms with van der Waals surface area (Å²) in [5.74, 6) is 0.456.